The fourth-order valence-corrected chi connectivity index (χ4v) is 2.71. The Morgan fingerprint density at radius 3 is 2.61 bits per heavy atom. The summed E-state index contributed by atoms with van der Waals surface area (Å²) in [5.41, 5.74) is 2.53. The second-order valence-corrected chi connectivity index (χ2v) is 6.52. The van der Waals surface area contributed by atoms with Crippen molar-refractivity contribution in [2.75, 3.05) is 19.5 Å². The number of hydrogen-bond acceptors (Lipinski definition) is 4. The van der Waals surface area contributed by atoms with Crippen LogP contribution in [0.1, 0.15) is 32.0 Å². The Hall–Kier alpha value is -0.520. The molecule has 1 aromatic heterocycles. The normalized spacial score (nSPS) is 12.1. The zero-order valence-electron chi connectivity index (χ0n) is 12.3. The smallest absolute Gasteiger partial charge is 0.0985 e. The predicted octanol–water partition coefficient (Wildman–Crippen LogP) is 2.36. The minimum atomic E-state index is 0.122. The van der Waals surface area contributed by atoms with Crippen molar-refractivity contribution >= 4 is 11.8 Å². The lowest BCUT2D eigenvalue weighted by Gasteiger charge is -2.20. The van der Waals surface area contributed by atoms with Gasteiger partial charge in [-0.05, 0) is 27.7 Å². The fourth-order valence-electron chi connectivity index (χ4n) is 1.64. The van der Waals surface area contributed by atoms with E-state index in [9.17, 15) is 0 Å². The van der Waals surface area contributed by atoms with E-state index in [2.05, 4.69) is 38.1 Å². The Bertz CT molecular complexity index is 382. The summed E-state index contributed by atoms with van der Waals surface area (Å²) in [6, 6.07) is 0. The van der Waals surface area contributed by atoms with Crippen molar-refractivity contribution in [1.29, 1.82) is 0 Å². The number of ether oxygens (including phenoxy) is 1. The van der Waals surface area contributed by atoms with Gasteiger partial charge in [-0.3, -0.25) is 4.68 Å². The SMILES string of the molecule is COCCSc1c(CNC(C)(C)C)c(C)nn1C. The number of hydrogen-bond donors (Lipinski definition) is 1. The van der Waals surface area contributed by atoms with Crippen molar-refractivity contribution in [1.82, 2.24) is 15.1 Å². The summed E-state index contributed by atoms with van der Waals surface area (Å²) in [6.45, 7) is 10.2. The van der Waals surface area contributed by atoms with E-state index in [0.29, 0.717) is 0 Å². The molecule has 0 aliphatic carbocycles. The highest BCUT2D eigenvalue weighted by Crippen LogP contribution is 2.25. The third kappa shape index (κ3) is 4.63. The molecule has 18 heavy (non-hydrogen) atoms. The van der Waals surface area contributed by atoms with Gasteiger partial charge in [0.2, 0.25) is 0 Å². The molecular formula is C13H25N3OS. The summed E-state index contributed by atoms with van der Waals surface area (Å²) in [4.78, 5) is 0. The minimum Gasteiger partial charge on any atom is -0.384 e. The molecule has 0 aliphatic rings. The zero-order valence-corrected chi connectivity index (χ0v) is 13.1. The second kappa shape index (κ2) is 6.59. The van der Waals surface area contributed by atoms with Gasteiger partial charge in [-0.1, -0.05) is 0 Å². The molecule has 0 radical (unpaired) electrons. The number of thioether (sulfide) groups is 1. The monoisotopic (exact) mass is 271 g/mol. The van der Waals surface area contributed by atoms with Crippen molar-refractivity contribution in [3.63, 3.8) is 0 Å². The van der Waals surface area contributed by atoms with E-state index >= 15 is 0 Å². The molecule has 0 fully saturated rings. The van der Waals surface area contributed by atoms with E-state index in [1.165, 1.54) is 10.6 Å². The summed E-state index contributed by atoms with van der Waals surface area (Å²) in [7, 11) is 3.74. The van der Waals surface area contributed by atoms with E-state index in [1.807, 2.05) is 11.7 Å². The Morgan fingerprint density at radius 2 is 2.06 bits per heavy atom. The largest absolute Gasteiger partial charge is 0.384 e. The first-order valence-corrected chi connectivity index (χ1v) is 7.23. The first-order valence-electron chi connectivity index (χ1n) is 6.24. The first-order chi connectivity index (χ1) is 8.35. The number of rotatable bonds is 6. The molecule has 0 bridgehead atoms. The maximum absolute atomic E-state index is 5.10. The Kier molecular flexibility index (Phi) is 5.69. The van der Waals surface area contributed by atoms with Crippen LogP contribution in [0, 0.1) is 6.92 Å². The molecule has 0 atom stereocenters. The van der Waals surface area contributed by atoms with Gasteiger partial charge in [-0.15, -0.1) is 11.8 Å². The molecule has 0 spiro atoms. The molecule has 0 amide bonds. The molecule has 1 aromatic rings. The molecule has 4 nitrogen and oxygen atoms in total. The zero-order chi connectivity index (χ0) is 13.8. The highest BCUT2D eigenvalue weighted by atomic mass is 32.2. The summed E-state index contributed by atoms with van der Waals surface area (Å²) >= 11 is 1.81. The van der Waals surface area contributed by atoms with Crippen LogP contribution in [-0.2, 0) is 18.3 Å². The van der Waals surface area contributed by atoms with Crippen LogP contribution >= 0.6 is 11.8 Å². The average molecular weight is 271 g/mol. The number of methoxy groups -OCH3 is 1. The van der Waals surface area contributed by atoms with Crippen LogP contribution in [0.4, 0.5) is 0 Å². The lowest BCUT2D eigenvalue weighted by Crippen LogP contribution is -2.35. The quantitative estimate of drug-likeness (QED) is 0.637. The van der Waals surface area contributed by atoms with Crippen molar-refractivity contribution in [3.05, 3.63) is 11.3 Å². The topological polar surface area (TPSA) is 39.1 Å². The second-order valence-electron chi connectivity index (χ2n) is 5.44. The van der Waals surface area contributed by atoms with Gasteiger partial charge in [0, 0.05) is 37.6 Å². The van der Waals surface area contributed by atoms with Crippen LogP contribution in [0.15, 0.2) is 5.03 Å². The van der Waals surface area contributed by atoms with Crippen LogP contribution in [0.3, 0.4) is 0 Å². The van der Waals surface area contributed by atoms with Crippen molar-refractivity contribution in [2.24, 2.45) is 7.05 Å². The molecule has 1 heterocycles. The van der Waals surface area contributed by atoms with Crippen LogP contribution in [0.5, 0.6) is 0 Å². The maximum atomic E-state index is 5.10. The van der Waals surface area contributed by atoms with E-state index in [0.717, 1.165) is 24.6 Å². The van der Waals surface area contributed by atoms with Gasteiger partial charge in [0.25, 0.3) is 0 Å². The average Bonchev–Trinajstić information content (AvgIpc) is 2.50. The first kappa shape index (κ1) is 15.5. The molecule has 1 rings (SSSR count). The molecule has 0 saturated heterocycles. The number of aromatic nitrogens is 2. The third-order valence-electron chi connectivity index (χ3n) is 2.61. The van der Waals surface area contributed by atoms with E-state index in [1.54, 1.807) is 18.9 Å². The summed E-state index contributed by atoms with van der Waals surface area (Å²) in [5.74, 6) is 0.956. The Labute approximate surface area is 114 Å². The number of aryl methyl sites for hydroxylation is 2. The summed E-state index contributed by atoms with van der Waals surface area (Å²) < 4.78 is 7.07. The Morgan fingerprint density at radius 1 is 1.39 bits per heavy atom. The van der Waals surface area contributed by atoms with Crippen molar-refractivity contribution in [2.45, 2.75) is 44.8 Å². The molecular weight excluding hydrogens is 246 g/mol. The fraction of sp³-hybridized carbons (Fsp3) is 0.769. The number of nitrogens with zero attached hydrogens (tertiary/aromatic N) is 2. The Balaban J connectivity index is 2.75. The molecule has 0 unspecified atom stereocenters. The molecule has 104 valence electrons. The van der Waals surface area contributed by atoms with Gasteiger partial charge in [0.15, 0.2) is 0 Å². The molecule has 0 aliphatic heterocycles. The van der Waals surface area contributed by atoms with E-state index in [4.69, 9.17) is 4.74 Å². The van der Waals surface area contributed by atoms with Crippen LogP contribution in [0.25, 0.3) is 0 Å². The molecule has 0 saturated carbocycles. The van der Waals surface area contributed by atoms with Gasteiger partial charge >= 0.3 is 0 Å². The number of nitrogens with one attached hydrogen (secondary N) is 1. The van der Waals surface area contributed by atoms with Gasteiger partial charge < -0.3 is 10.1 Å². The minimum absolute atomic E-state index is 0.122. The lowest BCUT2D eigenvalue weighted by molar-refractivity contribution is 0.218. The molecule has 0 aromatic carbocycles. The summed E-state index contributed by atoms with van der Waals surface area (Å²) in [5, 5.41) is 9.27. The van der Waals surface area contributed by atoms with E-state index in [-0.39, 0.29) is 5.54 Å². The summed E-state index contributed by atoms with van der Waals surface area (Å²) in [6.07, 6.45) is 0. The third-order valence-corrected chi connectivity index (χ3v) is 3.77. The van der Waals surface area contributed by atoms with Crippen molar-refractivity contribution in [3.8, 4) is 0 Å². The maximum Gasteiger partial charge on any atom is 0.0985 e. The van der Waals surface area contributed by atoms with Crippen LogP contribution in [0.2, 0.25) is 0 Å². The highest BCUT2D eigenvalue weighted by Gasteiger charge is 2.16. The van der Waals surface area contributed by atoms with Crippen molar-refractivity contribution < 1.29 is 4.74 Å². The van der Waals surface area contributed by atoms with Gasteiger partial charge in [-0.25, -0.2) is 0 Å². The molecule has 5 heteroatoms. The van der Waals surface area contributed by atoms with Gasteiger partial charge in [0.1, 0.15) is 0 Å². The predicted molar refractivity (Wildman–Crippen MR) is 77.1 cm³/mol. The standard InChI is InChI=1S/C13H25N3OS/c1-10-11(9-14-13(2,3)4)12(16(5)15-10)18-8-7-17-6/h14H,7-9H2,1-6H3. The van der Waals surface area contributed by atoms with E-state index < -0.39 is 0 Å². The molecule has 1 N–H and O–H groups in total. The van der Waals surface area contributed by atoms with Gasteiger partial charge in [-0.2, -0.15) is 5.10 Å². The van der Waals surface area contributed by atoms with Crippen LogP contribution < -0.4 is 5.32 Å². The highest BCUT2D eigenvalue weighted by molar-refractivity contribution is 7.99. The lowest BCUT2D eigenvalue weighted by atomic mass is 10.1. The van der Waals surface area contributed by atoms with Gasteiger partial charge in [0.05, 0.1) is 17.3 Å². The van der Waals surface area contributed by atoms with Crippen LogP contribution in [-0.4, -0.2) is 34.8 Å².